The number of hydrogen-bond donors (Lipinski definition) is 3. The minimum atomic E-state index is -0.673. The maximum Gasteiger partial charge on any atom is 0.124 e. The molecule has 1 rings (SSSR count). The first kappa shape index (κ1) is 10.0. The lowest BCUT2D eigenvalue weighted by molar-refractivity contribution is 0.192. The number of aliphatic hydroxyl groups is 2. The normalized spacial score (nSPS) is 12.9. The van der Waals surface area contributed by atoms with E-state index in [2.05, 4.69) is 0 Å². The Morgan fingerprint density at radius 2 is 2.00 bits per heavy atom. The first-order valence-electron chi connectivity index (χ1n) is 4.18. The van der Waals surface area contributed by atoms with Crippen molar-refractivity contribution in [3.63, 3.8) is 0 Å². The molecule has 0 aliphatic heterocycles. The molecule has 0 saturated carbocycles. The third kappa shape index (κ3) is 1.82. The van der Waals surface area contributed by atoms with Crippen molar-refractivity contribution in [1.82, 2.24) is 0 Å². The Balaban J connectivity index is 3.30. The SMILES string of the molecule is Cc1ccc(C(C)O)c(CO)c1O. The summed E-state index contributed by atoms with van der Waals surface area (Å²) in [6.45, 7) is 3.09. The smallest absolute Gasteiger partial charge is 0.124 e. The zero-order chi connectivity index (χ0) is 10.0. The molecule has 0 aliphatic carbocycles. The van der Waals surface area contributed by atoms with E-state index < -0.39 is 6.10 Å². The number of aliphatic hydroxyl groups excluding tert-OH is 2. The molecule has 0 aromatic heterocycles. The van der Waals surface area contributed by atoms with E-state index in [0.29, 0.717) is 16.7 Å². The molecule has 1 aromatic rings. The molecule has 3 N–H and O–H groups in total. The number of phenols is 1. The monoisotopic (exact) mass is 182 g/mol. The second-order valence-corrected chi connectivity index (χ2v) is 3.13. The summed E-state index contributed by atoms with van der Waals surface area (Å²) in [7, 11) is 0. The summed E-state index contributed by atoms with van der Waals surface area (Å²) < 4.78 is 0. The van der Waals surface area contributed by atoms with Gasteiger partial charge in [0.25, 0.3) is 0 Å². The molecule has 13 heavy (non-hydrogen) atoms. The van der Waals surface area contributed by atoms with E-state index in [1.54, 1.807) is 26.0 Å². The van der Waals surface area contributed by atoms with Gasteiger partial charge in [0, 0.05) is 5.56 Å². The molecule has 72 valence electrons. The van der Waals surface area contributed by atoms with E-state index in [-0.39, 0.29) is 12.4 Å². The zero-order valence-electron chi connectivity index (χ0n) is 7.78. The zero-order valence-corrected chi connectivity index (χ0v) is 7.78. The van der Waals surface area contributed by atoms with E-state index in [1.165, 1.54) is 0 Å². The van der Waals surface area contributed by atoms with Gasteiger partial charge in [0.1, 0.15) is 5.75 Å². The van der Waals surface area contributed by atoms with Crippen molar-refractivity contribution in [3.05, 3.63) is 28.8 Å². The molecule has 0 fully saturated rings. The molecule has 0 saturated heterocycles. The van der Waals surface area contributed by atoms with Crippen LogP contribution in [-0.4, -0.2) is 15.3 Å². The second-order valence-electron chi connectivity index (χ2n) is 3.13. The van der Waals surface area contributed by atoms with Gasteiger partial charge in [-0.05, 0) is 25.0 Å². The number of hydrogen-bond acceptors (Lipinski definition) is 3. The number of rotatable bonds is 2. The van der Waals surface area contributed by atoms with Gasteiger partial charge in [0.2, 0.25) is 0 Å². The summed E-state index contributed by atoms with van der Waals surface area (Å²) in [4.78, 5) is 0. The van der Waals surface area contributed by atoms with Gasteiger partial charge < -0.3 is 15.3 Å². The van der Waals surface area contributed by atoms with E-state index in [0.717, 1.165) is 0 Å². The van der Waals surface area contributed by atoms with E-state index >= 15 is 0 Å². The maximum absolute atomic E-state index is 9.56. The number of aryl methyl sites for hydroxylation is 1. The minimum Gasteiger partial charge on any atom is -0.507 e. The average molecular weight is 182 g/mol. The van der Waals surface area contributed by atoms with Crippen LogP contribution in [0.3, 0.4) is 0 Å². The molecule has 0 radical (unpaired) electrons. The average Bonchev–Trinajstić information content (AvgIpc) is 2.09. The van der Waals surface area contributed by atoms with Gasteiger partial charge in [-0.2, -0.15) is 0 Å². The topological polar surface area (TPSA) is 60.7 Å². The Hall–Kier alpha value is -1.06. The Kier molecular flexibility index (Phi) is 2.90. The van der Waals surface area contributed by atoms with Crippen LogP contribution in [0.1, 0.15) is 29.7 Å². The summed E-state index contributed by atoms with van der Waals surface area (Å²) in [6.07, 6.45) is -0.673. The van der Waals surface area contributed by atoms with Gasteiger partial charge in [0.05, 0.1) is 12.7 Å². The fourth-order valence-electron chi connectivity index (χ4n) is 1.33. The molecule has 1 aromatic carbocycles. The molecule has 0 spiro atoms. The highest BCUT2D eigenvalue weighted by atomic mass is 16.3. The van der Waals surface area contributed by atoms with Crippen LogP contribution in [0.15, 0.2) is 12.1 Å². The molecular formula is C10H14O3. The standard InChI is InChI=1S/C10H14O3/c1-6-3-4-8(7(2)12)9(5-11)10(6)13/h3-4,7,11-13H,5H2,1-2H3. The highest BCUT2D eigenvalue weighted by molar-refractivity contribution is 5.45. The highest BCUT2D eigenvalue weighted by Crippen LogP contribution is 2.29. The highest BCUT2D eigenvalue weighted by Gasteiger charge is 2.12. The van der Waals surface area contributed by atoms with Gasteiger partial charge >= 0.3 is 0 Å². The maximum atomic E-state index is 9.56. The molecule has 1 unspecified atom stereocenters. The van der Waals surface area contributed by atoms with Crippen LogP contribution in [-0.2, 0) is 6.61 Å². The molecule has 0 bridgehead atoms. The van der Waals surface area contributed by atoms with Gasteiger partial charge in [-0.25, -0.2) is 0 Å². The number of aromatic hydroxyl groups is 1. The molecular weight excluding hydrogens is 168 g/mol. The lowest BCUT2D eigenvalue weighted by Crippen LogP contribution is -1.99. The van der Waals surface area contributed by atoms with Crippen molar-refractivity contribution in [2.24, 2.45) is 0 Å². The minimum absolute atomic E-state index is 0.0703. The van der Waals surface area contributed by atoms with Crippen LogP contribution < -0.4 is 0 Å². The van der Waals surface area contributed by atoms with Gasteiger partial charge in [-0.1, -0.05) is 12.1 Å². The van der Waals surface area contributed by atoms with Crippen LogP contribution in [0.2, 0.25) is 0 Å². The van der Waals surface area contributed by atoms with Crippen molar-refractivity contribution in [1.29, 1.82) is 0 Å². The second kappa shape index (κ2) is 3.77. The summed E-state index contributed by atoms with van der Waals surface area (Å²) in [5, 5.41) is 27.9. The van der Waals surface area contributed by atoms with Crippen LogP contribution in [0, 0.1) is 6.92 Å². The molecule has 0 heterocycles. The third-order valence-corrected chi connectivity index (χ3v) is 2.13. The van der Waals surface area contributed by atoms with Gasteiger partial charge in [0.15, 0.2) is 0 Å². The fraction of sp³-hybridized carbons (Fsp3) is 0.400. The lowest BCUT2D eigenvalue weighted by Gasteiger charge is -2.13. The predicted octanol–water partition coefficient (Wildman–Crippen LogP) is 1.25. The summed E-state index contributed by atoms with van der Waals surface area (Å²) in [5.74, 6) is 0.0703. The lowest BCUT2D eigenvalue weighted by atomic mass is 10.00. The van der Waals surface area contributed by atoms with Crippen LogP contribution in [0.5, 0.6) is 5.75 Å². The fourth-order valence-corrected chi connectivity index (χ4v) is 1.33. The largest absolute Gasteiger partial charge is 0.507 e. The Morgan fingerprint density at radius 1 is 1.38 bits per heavy atom. The Bertz CT molecular complexity index is 305. The molecule has 3 heteroatoms. The Labute approximate surface area is 77.3 Å². The first-order valence-corrected chi connectivity index (χ1v) is 4.18. The quantitative estimate of drug-likeness (QED) is 0.645. The van der Waals surface area contributed by atoms with E-state index in [9.17, 15) is 10.2 Å². The Morgan fingerprint density at radius 3 is 2.46 bits per heavy atom. The van der Waals surface area contributed by atoms with E-state index in [4.69, 9.17) is 5.11 Å². The molecule has 1 atom stereocenters. The van der Waals surface area contributed by atoms with Crippen LogP contribution in [0.4, 0.5) is 0 Å². The van der Waals surface area contributed by atoms with Gasteiger partial charge in [-0.15, -0.1) is 0 Å². The molecule has 0 aliphatic rings. The number of benzene rings is 1. The summed E-state index contributed by atoms with van der Waals surface area (Å²) in [5.41, 5.74) is 1.69. The first-order chi connectivity index (χ1) is 6.07. The molecule has 0 amide bonds. The predicted molar refractivity (Wildman–Crippen MR) is 49.4 cm³/mol. The van der Waals surface area contributed by atoms with Crippen LogP contribution in [0.25, 0.3) is 0 Å². The van der Waals surface area contributed by atoms with Crippen molar-refractivity contribution in [3.8, 4) is 5.75 Å². The van der Waals surface area contributed by atoms with Gasteiger partial charge in [-0.3, -0.25) is 0 Å². The molecule has 3 nitrogen and oxygen atoms in total. The van der Waals surface area contributed by atoms with Crippen LogP contribution >= 0.6 is 0 Å². The van der Waals surface area contributed by atoms with Crippen molar-refractivity contribution in [2.75, 3.05) is 0 Å². The summed E-state index contributed by atoms with van der Waals surface area (Å²) >= 11 is 0. The third-order valence-electron chi connectivity index (χ3n) is 2.13. The van der Waals surface area contributed by atoms with Crippen molar-refractivity contribution in [2.45, 2.75) is 26.6 Å². The van der Waals surface area contributed by atoms with E-state index in [1.807, 2.05) is 0 Å². The summed E-state index contributed by atoms with van der Waals surface area (Å²) in [6, 6.07) is 3.43. The van der Waals surface area contributed by atoms with Crippen molar-refractivity contribution >= 4 is 0 Å². The van der Waals surface area contributed by atoms with Crippen molar-refractivity contribution < 1.29 is 15.3 Å².